The number of fused-ring (bicyclic) bond motifs is 1. The Bertz CT molecular complexity index is 814. The average molecular weight is 365 g/mol. The molecule has 1 saturated heterocycles. The number of hydrogen-bond acceptors (Lipinski definition) is 6. The average Bonchev–Trinajstić information content (AvgIpc) is 3.08. The molecule has 2 aliphatic rings. The molecular weight excluding hydrogens is 348 g/mol. The van der Waals surface area contributed by atoms with Crippen LogP contribution in [0.1, 0.15) is 30.9 Å². The van der Waals surface area contributed by atoms with Crippen molar-refractivity contribution in [1.29, 1.82) is 0 Å². The van der Waals surface area contributed by atoms with Crippen LogP contribution in [0.15, 0.2) is 40.1 Å². The van der Waals surface area contributed by atoms with Crippen molar-refractivity contribution < 1.29 is 17.9 Å². The summed E-state index contributed by atoms with van der Waals surface area (Å²) in [5.74, 6) is -0.832. The van der Waals surface area contributed by atoms with Gasteiger partial charge in [-0.3, -0.25) is 0 Å². The van der Waals surface area contributed by atoms with E-state index in [9.17, 15) is 8.78 Å². The molecule has 0 aliphatic carbocycles. The topological polar surface area (TPSA) is 73.6 Å². The highest BCUT2D eigenvalue weighted by Gasteiger charge is 2.52. The Kier molecular flexibility index (Phi) is 4.04. The number of oxazole rings is 1. The van der Waals surface area contributed by atoms with Gasteiger partial charge in [-0.05, 0) is 12.5 Å². The number of aromatic nitrogens is 1. The lowest BCUT2D eigenvalue weighted by atomic mass is 9.72. The summed E-state index contributed by atoms with van der Waals surface area (Å²) in [6.45, 7) is 2.16. The van der Waals surface area contributed by atoms with Gasteiger partial charge in [-0.25, -0.2) is 18.8 Å². The van der Waals surface area contributed by atoms with E-state index in [4.69, 9.17) is 14.9 Å². The third-order valence-corrected chi connectivity index (χ3v) is 5.93. The zero-order chi connectivity index (χ0) is 17.6. The number of nitrogens with zero attached hydrogens (tertiary/aromatic N) is 2. The van der Waals surface area contributed by atoms with Crippen molar-refractivity contribution in [3.8, 4) is 0 Å². The lowest BCUT2D eigenvalue weighted by molar-refractivity contribution is -0.0749. The van der Waals surface area contributed by atoms with Gasteiger partial charge in [-0.1, -0.05) is 24.8 Å². The van der Waals surface area contributed by atoms with Crippen molar-refractivity contribution in [3.63, 3.8) is 0 Å². The van der Waals surface area contributed by atoms with E-state index in [0.29, 0.717) is 23.0 Å². The van der Waals surface area contributed by atoms with E-state index in [1.807, 2.05) is 6.92 Å². The van der Waals surface area contributed by atoms with Crippen LogP contribution in [-0.2, 0) is 10.3 Å². The molecule has 0 amide bonds. The van der Waals surface area contributed by atoms with E-state index in [1.54, 1.807) is 6.20 Å². The maximum absolute atomic E-state index is 14.6. The van der Waals surface area contributed by atoms with Gasteiger partial charge in [0.05, 0.1) is 12.8 Å². The summed E-state index contributed by atoms with van der Waals surface area (Å²) in [6, 6.07) is 3.55. The van der Waals surface area contributed by atoms with Crippen LogP contribution in [0, 0.1) is 17.6 Å². The summed E-state index contributed by atoms with van der Waals surface area (Å²) in [7, 11) is 0. The lowest BCUT2D eigenvalue weighted by Crippen LogP contribution is -2.51. The Morgan fingerprint density at radius 1 is 1.36 bits per heavy atom. The number of rotatable bonds is 2. The van der Waals surface area contributed by atoms with E-state index in [-0.39, 0.29) is 23.9 Å². The first-order valence-electron chi connectivity index (χ1n) is 7.98. The second kappa shape index (κ2) is 6.10. The molecule has 4 unspecified atom stereocenters. The van der Waals surface area contributed by atoms with Crippen molar-refractivity contribution in [3.05, 3.63) is 53.7 Å². The van der Waals surface area contributed by atoms with Crippen molar-refractivity contribution >= 4 is 16.9 Å². The summed E-state index contributed by atoms with van der Waals surface area (Å²) >= 11 is 1.45. The summed E-state index contributed by atoms with van der Waals surface area (Å²) in [4.78, 5) is 8.74. The SMILES string of the molecule is CC1SC(N)=NC2(c3ccc(F)cc3F)COC(c3ncco3)CC12. The van der Waals surface area contributed by atoms with Crippen LogP contribution in [0.2, 0.25) is 0 Å². The second-order valence-corrected chi connectivity index (χ2v) is 7.73. The molecule has 2 aromatic rings. The molecule has 132 valence electrons. The van der Waals surface area contributed by atoms with Crippen molar-refractivity contribution in [2.24, 2.45) is 16.6 Å². The molecule has 3 heterocycles. The van der Waals surface area contributed by atoms with Gasteiger partial charge in [0.25, 0.3) is 0 Å². The number of hydrogen-bond donors (Lipinski definition) is 1. The van der Waals surface area contributed by atoms with Crippen LogP contribution in [0.3, 0.4) is 0 Å². The molecule has 0 saturated carbocycles. The molecular formula is C17H17F2N3O2S. The van der Waals surface area contributed by atoms with Gasteiger partial charge in [0.2, 0.25) is 5.89 Å². The third-order valence-electron chi connectivity index (χ3n) is 4.89. The van der Waals surface area contributed by atoms with Crippen molar-refractivity contribution in [1.82, 2.24) is 4.98 Å². The minimum absolute atomic E-state index is 0.0598. The molecule has 0 bridgehead atoms. The molecule has 4 atom stereocenters. The fraction of sp³-hybridized carbons (Fsp3) is 0.412. The first-order chi connectivity index (χ1) is 12.0. The molecule has 5 nitrogen and oxygen atoms in total. The van der Waals surface area contributed by atoms with Crippen LogP contribution in [0.25, 0.3) is 0 Å². The van der Waals surface area contributed by atoms with E-state index in [2.05, 4.69) is 9.98 Å². The molecule has 1 aromatic heterocycles. The van der Waals surface area contributed by atoms with Crippen LogP contribution < -0.4 is 5.73 Å². The zero-order valence-electron chi connectivity index (χ0n) is 13.5. The van der Waals surface area contributed by atoms with Crippen molar-refractivity contribution in [2.45, 2.75) is 30.2 Å². The number of nitrogens with two attached hydrogens (primary N) is 1. The van der Waals surface area contributed by atoms with E-state index >= 15 is 0 Å². The minimum Gasteiger partial charge on any atom is -0.446 e. The minimum atomic E-state index is -0.977. The highest BCUT2D eigenvalue weighted by atomic mass is 32.2. The number of halogens is 2. The van der Waals surface area contributed by atoms with Crippen LogP contribution in [0.5, 0.6) is 0 Å². The van der Waals surface area contributed by atoms with E-state index < -0.39 is 17.2 Å². The number of aliphatic imine (C=N–C) groups is 1. The van der Waals surface area contributed by atoms with Gasteiger partial charge in [0.1, 0.15) is 29.5 Å². The summed E-state index contributed by atoms with van der Waals surface area (Å²) in [5.41, 5.74) is 5.32. The Hall–Kier alpha value is -1.93. The first kappa shape index (κ1) is 16.5. The standard InChI is InChI=1S/C17H17F2N3O2S/c1-9-12-7-14(15-21-4-5-23-15)24-8-17(12,22-16(20)25-9)11-3-2-10(18)6-13(11)19/h2-6,9,12,14H,7-8H2,1H3,(H2,20,22). The highest BCUT2D eigenvalue weighted by Crippen LogP contribution is 2.52. The second-order valence-electron chi connectivity index (χ2n) is 6.33. The Morgan fingerprint density at radius 2 is 2.20 bits per heavy atom. The molecule has 4 rings (SSSR count). The molecule has 1 aromatic carbocycles. The molecule has 0 spiro atoms. The Balaban J connectivity index is 1.78. The number of amidine groups is 1. The third kappa shape index (κ3) is 2.73. The first-order valence-corrected chi connectivity index (χ1v) is 8.86. The predicted molar refractivity (Wildman–Crippen MR) is 90.0 cm³/mol. The van der Waals surface area contributed by atoms with Gasteiger partial charge < -0.3 is 14.9 Å². The quantitative estimate of drug-likeness (QED) is 0.883. The normalized spacial score (nSPS) is 32.1. The smallest absolute Gasteiger partial charge is 0.223 e. The predicted octanol–water partition coefficient (Wildman–Crippen LogP) is 3.38. The highest BCUT2D eigenvalue weighted by molar-refractivity contribution is 8.14. The summed E-state index contributed by atoms with van der Waals surface area (Å²) in [6.07, 6.45) is 3.29. The van der Waals surface area contributed by atoms with Gasteiger partial charge in [-0.2, -0.15) is 0 Å². The van der Waals surface area contributed by atoms with Crippen LogP contribution in [-0.4, -0.2) is 22.0 Å². The molecule has 1 fully saturated rings. The number of benzene rings is 1. The van der Waals surface area contributed by atoms with Gasteiger partial charge in [-0.15, -0.1) is 0 Å². The van der Waals surface area contributed by atoms with Crippen LogP contribution in [0.4, 0.5) is 8.78 Å². The number of thioether (sulfide) groups is 1. The Labute approximate surface area is 147 Å². The van der Waals surface area contributed by atoms with Crippen LogP contribution >= 0.6 is 11.8 Å². The molecule has 25 heavy (non-hydrogen) atoms. The van der Waals surface area contributed by atoms with E-state index in [0.717, 1.165) is 6.07 Å². The summed E-state index contributed by atoms with van der Waals surface area (Å²) < 4.78 is 39.3. The molecule has 8 heteroatoms. The maximum Gasteiger partial charge on any atom is 0.223 e. The van der Waals surface area contributed by atoms with Gasteiger partial charge in [0, 0.05) is 22.8 Å². The van der Waals surface area contributed by atoms with Crippen molar-refractivity contribution in [2.75, 3.05) is 6.61 Å². The van der Waals surface area contributed by atoms with E-state index in [1.165, 1.54) is 30.2 Å². The fourth-order valence-electron chi connectivity index (χ4n) is 3.76. The molecule has 2 N–H and O–H groups in total. The largest absolute Gasteiger partial charge is 0.446 e. The Morgan fingerprint density at radius 3 is 2.92 bits per heavy atom. The summed E-state index contributed by atoms with van der Waals surface area (Å²) in [5, 5.41) is 0.467. The lowest BCUT2D eigenvalue weighted by Gasteiger charge is -2.48. The monoisotopic (exact) mass is 365 g/mol. The van der Waals surface area contributed by atoms with Gasteiger partial charge in [0.15, 0.2) is 5.17 Å². The maximum atomic E-state index is 14.6. The molecule has 2 aliphatic heterocycles. The zero-order valence-corrected chi connectivity index (χ0v) is 14.3. The number of ether oxygens (including phenoxy) is 1. The molecule has 0 radical (unpaired) electrons. The van der Waals surface area contributed by atoms with Gasteiger partial charge >= 0.3 is 0 Å². The fourth-order valence-corrected chi connectivity index (χ4v) is 4.86.